The Balaban J connectivity index is 2.11. The summed E-state index contributed by atoms with van der Waals surface area (Å²) in [6, 6.07) is 8.33. The van der Waals surface area contributed by atoms with Crippen LogP contribution in [0, 0.1) is 0 Å². The summed E-state index contributed by atoms with van der Waals surface area (Å²) in [7, 11) is 0. The van der Waals surface area contributed by atoms with Gasteiger partial charge in [0.05, 0.1) is 6.54 Å². The Hall–Kier alpha value is -1.84. The summed E-state index contributed by atoms with van der Waals surface area (Å²) in [5.74, 6) is 1.57. The van der Waals surface area contributed by atoms with Gasteiger partial charge in [-0.05, 0) is 17.0 Å². The summed E-state index contributed by atoms with van der Waals surface area (Å²) in [5, 5.41) is 11.5. The number of benzene rings is 1. The maximum Gasteiger partial charge on any atom is 0.235 e. The third kappa shape index (κ3) is 3.38. The summed E-state index contributed by atoms with van der Waals surface area (Å²) in [5.41, 5.74) is 2.49. The molecule has 0 unspecified atom stereocenters. The standard InChI is InChI=1S/C16H23N3O/c1-11(2)15-19-18-14(20-15)10-17-13-9-7-6-8-12(13)16(3,4)5/h6-9,11,17H,10H2,1-5H3. The molecule has 4 nitrogen and oxygen atoms in total. The highest BCUT2D eigenvalue weighted by Crippen LogP contribution is 2.29. The maximum atomic E-state index is 5.61. The van der Waals surface area contributed by atoms with Gasteiger partial charge in [-0.3, -0.25) is 0 Å². The summed E-state index contributed by atoms with van der Waals surface area (Å²) < 4.78 is 5.61. The third-order valence-corrected chi connectivity index (χ3v) is 3.14. The molecule has 0 amide bonds. The molecule has 0 aliphatic rings. The molecule has 108 valence electrons. The second kappa shape index (κ2) is 5.65. The smallest absolute Gasteiger partial charge is 0.235 e. The number of hydrogen-bond donors (Lipinski definition) is 1. The highest BCUT2D eigenvalue weighted by atomic mass is 16.4. The molecular weight excluding hydrogens is 250 g/mol. The molecule has 1 N–H and O–H groups in total. The van der Waals surface area contributed by atoms with Gasteiger partial charge in [-0.2, -0.15) is 0 Å². The van der Waals surface area contributed by atoms with Crippen LogP contribution in [0.5, 0.6) is 0 Å². The lowest BCUT2D eigenvalue weighted by Gasteiger charge is -2.23. The first-order valence-electron chi connectivity index (χ1n) is 7.03. The van der Waals surface area contributed by atoms with Gasteiger partial charge in [0.25, 0.3) is 0 Å². The minimum Gasteiger partial charge on any atom is -0.423 e. The van der Waals surface area contributed by atoms with Gasteiger partial charge in [0.15, 0.2) is 0 Å². The molecule has 0 radical (unpaired) electrons. The van der Waals surface area contributed by atoms with E-state index in [1.165, 1.54) is 5.56 Å². The quantitative estimate of drug-likeness (QED) is 0.911. The van der Waals surface area contributed by atoms with Crippen LogP contribution in [0.25, 0.3) is 0 Å². The lowest BCUT2D eigenvalue weighted by molar-refractivity contribution is 0.437. The normalized spacial score (nSPS) is 11.9. The fourth-order valence-corrected chi connectivity index (χ4v) is 2.03. The number of para-hydroxylation sites is 1. The van der Waals surface area contributed by atoms with Gasteiger partial charge in [0.2, 0.25) is 11.8 Å². The van der Waals surface area contributed by atoms with Crippen LogP contribution in [0.4, 0.5) is 5.69 Å². The average molecular weight is 273 g/mol. The minimum atomic E-state index is 0.0987. The zero-order chi connectivity index (χ0) is 14.8. The van der Waals surface area contributed by atoms with Crippen molar-refractivity contribution in [3.05, 3.63) is 41.6 Å². The summed E-state index contributed by atoms with van der Waals surface area (Å²) >= 11 is 0. The first kappa shape index (κ1) is 14.6. The summed E-state index contributed by atoms with van der Waals surface area (Å²) in [6.07, 6.45) is 0. The number of anilines is 1. The Labute approximate surface area is 120 Å². The van der Waals surface area contributed by atoms with Gasteiger partial charge in [0, 0.05) is 11.6 Å². The maximum absolute atomic E-state index is 5.61. The molecule has 0 spiro atoms. The van der Waals surface area contributed by atoms with Crippen LogP contribution in [0.15, 0.2) is 28.7 Å². The van der Waals surface area contributed by atoms with E-state index < -0.39 is 0 Å². The van der Waals surface area contributed by atoms with E-state index in [-0.39, 0.29) is 11.3 Å². The molecule has 0 atom stereocenters. The molecule has 0 fully saturated rings. The molecule has 2 rings (SSSR count). The van der Waals surface area contributed by atoms with Crippen LogP contribution < -0.4 is 5.32 Å². The largest absolute Gasteiger partial charge is 0.423 e. The summed E-state index contributed by atoms with van der Waals surface area (Å²) in [4.78, 5) is 0. The van der Waals surface area contributed by atoms with E-state index in [0.29, 0.717) is 18.3 Å². The van der Waals surface area contributed by atoms with Crippen LogP contribution >= 0.6 is 0 Å². The Morgan fingerprint density at radius 3 is 2.45 bits per heavy atom. The molecule has 0 aliphatic heterocycles. The van der Waals surface area contributed by atoms with E-state index in [1.54, 1.807) is 0 Å². The van der Waals surface area contributed by atoms with Crippen LogP contribution in [-0.2, 0) is 12.0 Å². The number of nitrogens with one attached hydrogen (secondary N) is 1. The Bertz CT molecular complexity index is 567. The topological polar surface area (TPSA) is 51.0 Å². The van der Waals surface area contributed by atoms with Crippen molar-refractivity contribution in [2.24, 2.45) is 0 Å². The van der Waals surface area contributed by atoms with Crippen LogP contribution in [-0.4, -0.2) is 10.2 Å². The number of rotatable bonds is 4. The van der Waals surface area contributed by atoms with Gasteiger partial charge >= 0.3 is 0 Å². The predicted octanol–water partition coefficient (Wildman–Crippen LogP) is 4.10. The lowest BCUT2D eigenvalue weighted by Crippen LogP contribution is -2.14. The van der Waals surface area contributed by atoms with Gasteiger partial charge in [0.1, 0.15) is 0 Å². The van der Waals surface area contributed by atoms with Crippen molar-refractivity contribution in [3.63, 3.8) is 0 Å². The van der Waals surface area contributed by atoms with Crippen LogP contribution in [0.2, 0.25) is 0 Å². The average Bonchev–Trinajstić information content (AvgIpc) is 2.84. The second-order valence-electron chi connectivity index (χ2n) is 6.34. The molecule has 0 aliphatic carbocycles. The minimum absolute atomic E-state index is 0.0987. The molecule has 0 bridgehead atoms. The third-order valence-electron chi connectivity index (χ3n) is 3.14. The van der Waals surface area contributed by atoms with Gasteiger partial charge in [-0.15, -0.1) is 10.2 Å². The molecule has 2 aromatic rings. The van der Waals surface area contributed by atoms with Crippen molar-refractivity contribution in [3.8, 4) is 0 Å². The highest BCUT2D eigenvalue weighted by Gasteiger charge is 2.17. The molecular formula is C16H23N3O. The second-order valence-corrected chi connectivity index (χ2v) is 6.34. The zero-order valence-electron chi connectivity index (χ0n) is 12.9. The Kier molecular flexibility index (Phi) is 4.12. The van der Waals surface area contributed by atoms with E-state index in [4.69, 9.17) is 4.42 Å². The molecule has 0 saturated heterocycles. The van der Waals surface area contributed by atoms with Crippen molar-refractivity contribution in [2.45, 2.75) is 52.5 Å². The fourth-order valence-electron chi connectivity index (χ4n) is 2.03. The fraction of sp³-hybridized carbons (Fsp3) is 0.500. The van der Waals surface area contributed by atoms with E-state index >= 15 is 0 Å². The van der Waals surface area contributed by atoms with E-state index in [0.717, 1.165) is 5.69 Å². The monoisotopic (exact) mass is 273 g/mol. The van der Waals surface area contributed by atoms with Crippen molar-refractivity contribution < 1.29 is 4.42 Å². The van der Waals surface area contributed by atoms with Gasteiger partial charge in [-0.25, -0.2) is 0 Å². The van der Waals surface area contributed by atoms with Crippen molar-refractivity contribution in [2.75, 3.05) is 5.32 Å². The number of aromatic nitrogens is 2. The number of hydrogen-bond acceptors (Lipinski definition) is 4. The van der Waals surface area contributed by atoms with Gasteiger partial charge < -0.3 is 9.73 Å². The molecule has 1 heterocycles. The van der Waals surface area contributed by atoms with E-state index in [2.05, 4.69) is 54.5 Å². The first-order chi connectivity index (χ1) is 9.38. The van der Waals surface area contributed by atoms with Crippen LogP contribution in [0.1, 0.15) is 57.9 Å². The SMILES string of the molecule is CC(C)c1nnc(CNc2ccccc2C(C)(C)C)o1. The molecule has 4 heteroatoms. The predicted molar refractivity (Wildman–Crippen MR) is 80.9 cm³/mol. The molecule has 0 saturated carbocycles. The summed E-state index contributed by atoms with van der Waals surface area (Å²) in [6.45, 7) is 11.2. The first-order valence-corrected chi connectivity index (χ1v) is 7.03. The lowest BCUT2D eigenvalue weighted by atomic mass is 9.86. The molecule has 20 heavy (non-hydrogen) atoms. The van der Waals surface area contributed by atoms with Crippen molar-refractivity contribution >= 4 is 5.69 Å². The number of nitrogens with zero attached hydrogens (tertiary/aromatic N) is 2. The highest BCUT2D eigenvalue weighted by molar-refractivity contribution is 5.54. The van der Waals surface area contributed by atoms with E-state index in [9.17, 15) is 0 Å². The Morgan fingerprint density at radius 2 is 1.85 bits per heavy atom. The van der Waals surface area contributed by atoms with E-state index in [1.807, 2.05) is 19.9 Å². The zero-order valence-corrected chi connectivity index (χ0v) is 12.9. The van der Waals surface area contributed by atoms with Crippen molar-refractivity contribution in [1.82, 2.24) is 10.2 Å². The van der Waals surface area contributed by atoms with Crippen molar-refractivity contribution in [1.29, 1.82) is 0 Å². The van der Waals surface area contributed by atoms with Gasteiger partial charge in [-0.1, -0.05) is 52.8 Å². The Morgan fingerprint density at radius 1 is 1.15 bits per heavy atom. The molecule has 1 aromatic heterocycles. The van der Waals surface area contributed by atoms with Crippen LogP contribution in [0.3, 0.4) is 0 Å². The molecule has 1 aromatic carbocycles.